The average molecular weight is 410 g/mol. The third-order valence-corrected chi connectivity index (χ3v) is 5.07. The summed E-state index contributed by atoms with van der Waals surface area (Å²) < 4.78 is 2.02. The van der Waals surface area contributed by atoms with Gasteiger partial charge in [-0.05, 0) is 61.4 Å². The Labute approximate surface area is 128 Å². The van der Waals surface area contributed by atoms with Crippen LogP contribution in [0.2, 0.25) is 0 Å². The molecular weight excluding hydrogens is 401 g/mol. The van der Waals surface area contributed by atoms with E-state index in [2.05, 4.69) is 86.0 Å². The minimum absolute atomic E-state index is 0.984. The van der Waals surface area contributed by atoms with Crippen molar-refractivity contribution in [2.75, 3.05) is 0 Å². The fourth-order valence-electron chi connectivity index (χ4n) is 2.02. The summed E-state index contributed by atoms with van der Waals surface area (Å²) in [5, 5.41) is 2.49. The number of nitrogens with zero attached hydrogens (tertiary/aromatic N) is 1. The Hall–Kier alpha value is -0.940. The second-order valence-corrected chi connectivity index (χ2v) is 5.87. The van der Waals surface area contributed by atoms with Crippen molar-refractivity contribution in [3.63, 3.8) is 0 Å². The summed E-state index contributed by atoms with van der Waals surface area (Å²) in [6.07, 6.45) is 0. The zero-order valence-corrected chi connectivity index (χ0v) is 13.1. The number of rotatable bonds is 1. The molecule has 0 amide bonds. The van der Waals surface area contributed by atoms with E-state index in [0.717, 1.165) is 13.9 Å². The molecule has 3 aromatic rings. The maximum atomic E-state index is 4.63. The van der Waals surface area contributed by atoms with Crippen LogP contribution in [-0.4, -0.2) is 4.98 Å². The van der Waals surface area contributed by atoms with Gasteiger partial charge >= 0.3 is 0 Å². The van der Waals surface area contributed by atoms with Gasteiger partial charge < -0.3 is 0 Å². The standard InChI is InChI=1S/C15H9BrIN/c16-13-8-9-14(18-15(13)17)12-7-3-5-10-4-1-2-6-11(10)12/h1-9H. The molecule has 88 valence electrons. The molecule has 3 heteroatoms. The first-order valence-electron chi connectivity index (χ1n) is 5.56. The van der Waals surface area contributed by atoms with Crippen molar-refractivity contribution in [3.05, 3.63) is 62.8 Å². The first-order chi connectivity index (χ1) is 8.75. The molecule has 0 saturated carbocycles. The molecule has 1 heterocycles. The lowest BCUT2D eigenvalue weighted by Crippen LogP contribution is -1.88. The van der Waals surface area contributed by atoms with Gasteiger partial charge in [0.25, 0.3) is 0 Å². The maximum Gasteiger partial charge on any atom is 0.116 e. The summed E-state index contributed by atoms with van der Waals surface area (Å²) >= 11 is 5.72. The number of benzene rings is 2. The molecule has 0 N–H and O–H groups in total. The van der Waals surface area contributed by atoms with Gasteiger partial charge in [0.2, 0.25) is 0 Å². The normalized spacial score (nSPS) is 10.8. The topological polar surface area (TPSA) is 12.9 Å². The Balaban J connectivity index is 2.28. The van der Waals surface area contributed by atoms with Crippen molar-refractivity contribution in [2.45, 2.75) is 0 Å². The SMILES string of the molecule is Brc1ccc(-c2cccc3ccccc23)nc1I. The van der Waals surface area contributed by atoms with E-state index >= 15 is 0 Å². The van der Waals surface area contributed by atoms with Crippen LogP contribution in [0.1, 0.15) is 0 Å². The number of fused-ring (bicyclic) bond motifs is 1. The first kappa shape index (κ1) is 12.1. The zero-order valence-electron chi connectivity index (χ0n) is 9.40. The van der Waals surface area contributed by atoms with Crippen LogP contribution >= 0.6 is 38.5 Å². The quantitative estimate of drug-likeness (QED) is 0.394. The van der Waals surface area contributed by atoms with E-state index < -0.39 is 0 Å². The number of pyridine rings is 1. The lowest BCUT2D eigenvalue weighted by atomic mass is 10.0. The van der Waals surface area contributed by atoms with Gasteiger partial charge in [-0.25, -0.2) is 4.98 Å². The van der Waals surface area contributed by atoms with Crippen molar-refractivity contribution < 1.29 is 0 Å². The molecule has 0 radical (unpaired) electrons. The van der Waals surface area contributed by atoms with E-state index in [1.54, 1.807) is 0 Å². The number of halogens is 2. The molecule has 0 aliphatic carbocycles. The van der Waals surface area contributed by atoms with Crippen LogP contribution in [0, 0.1) is 3.70 Å². The lowest BCUT2D eigenvalue weighted by Gasteiger charge is -2.07. The van der Waals surface area contributed by atoms with Crippen molar-refractivity contribution in [3.8, 4) is 11.3 Å². The molecule has 1 nitrogen and oxygen atoms in total. The van der Waals surface area contributed by atoms with Gasteiger partial charge in [-0.2, -0.15) is 0 Å². The van der Waals surface area contributed by atoms with Crippen molar-refractivity contribution in [1.29, 1.82) is 0 Å². The van der Waals surface area contributed by atoms with E-state index in [1.165, 1.54) is 16.3 Å². The highest BCUT2D eigenvalue weighted by atomic mass is 127. The minimum atomic E-state index is 0.984. The van der Waals surface area contributed by atoms with Gasteiger partial charge in [0, 0.05) is 10.0 Å². The van der Waals surface area contributed by atoms with E-state index in [9.17, 15) is 0 Å². The van der Waals surface area contributed by atoms with Crippen LogP contribution < -0.4 is 0 Å². The molecule has 0 fully saturated rings. The van der Waals surface area contributed by atoms with Gasteiger partial charge in [-0.15, -0.1) is 0 Å². The molecule has 1 aromatic heterocycles. The summed E-state index contributed by atoms with van der Waals surface area (Å²) in [6.45, 7) is 0. The average Bonchev–Trinajstić information content (AvgIpc) is 2.41. The predicted octanol–water partition coefficient (Wildman–Crippen LogP) is 5.27. The number of hydrogen-bond donors (Lipinski definition) is 0. The fourth-order valence-corrected chi connectivity index (χ4v) is 2.68. The van der Waals surface area contributed by atoms with Crippen molar-refractivity contribution in [1.82, 2.24) is 4.98 Å². The lowest BCUT2D eigenvalue weighted by molar-refractivity contribution is 1.26. The molecule has 0 atom stereocenters. The van der Waals surface area contributed by atoms with Crippen molar-refractivity contribution in [2.24, 2.45) is 0 Å². The highest BCUT2D eigenvalue weighted by Gasteiger charge is 2.06. The second-order valence-electron chi connectivity index (χ2n) is 4.00. The molecule has 18 heavy (non-hydrogen) atoms. The molecule has 0 spiro atoms. The summed E-state index contributed by atoms with van der Waals surface area (Å²) in [6, 6.07) is 18.8. The van der Waals surface area contributed by atoms with Gasteiger partial charge in [-0.1, -0.05) is 42.5 Å². The highest BCUT2D eigenvalue weighted by Crippen LogP contribution is 2.29. The van der Waals surface area contributed by atoms with Gasteiger partial charge in [0.05, 0.1) is 5.69 Å². The highest BCUT2D eigenvalue weighted by molar-refractivity contribution is 14.1. The Kier molecular flexibility index (Phi) is 3.35. The Morgan fingerprint density at radius 1 is 0.889 bits per heavy atom. The second kappa shape index (κ2) is 4.97. The molecule has 0 aliphatic heterocycles. The minimum Gasteiger partial charge on any atom is -0.241 e. The predicted molar refractivity (Wildman–Crippen MR) is 87.6 cm³/mol. The molecule has 0 aliphatic rings. The van der Waals surface area contributed by atoms with Gasteiger partial charge in [-0.3, -0.25) is 0 Å². The summed E-state index contributed by atoms with van der Waals surface area (Å²) in [7, 11) is 0. The Morgan fingerprint density at radius 2 is 1.67 bits per heavy atom. The third kappa shape index (κ3) is 2.17. The van der Waals surface area contributed by atoms with Crippen molar-refractivity contribution >= 4 is 49.3 Å². The molecule has 0 unspecified atom stereocenters. The third-order valence-electron chi connectivity index (χ3n) is 2.87. The van der Waals surface area contributed by atoms with Crippen LogP contribution in [0.25, 0.3) is 22.0 Å². The van der Waals surface area contributed by atoms with E-state index in [4.69, 9.17) is 0 Å². The van der Waals surface area contributed by atoms with Gasteiger partial charge in [0.1, 0.15) is 3.70 Å². The number of hydrogen-bond acceptors (Lipinski definition) is 1. The van der Waals surface area contributed by atoms with Crippen LogP contribution in [0.5, 0.6) is 0 Å². The van der Waals surface area contributed by atoms with Crippen LogP contribution in [0.15, 0.2) is 59.1 Å². The zero-order chi connectivity index (χ0) is 12.5. The summed E-state index contributed by atoms with van der Waals surface area (Å²) in [5.41, 5.74) is 2.19. The first-order valence-corrected chi connectivity index (χ1v) is 7.43. The van der Waals surface area contributed by atoms with E-state index in [-0.39, 0.29) is 0 Å². The number of aromatic nitrogens is 1. The molecule has 0 bridgehead atoms. The summed E-state index contributed by atoms with van der Waals surface area (Å²) in [5.74, 6) is 0. The summed E-state index contributed by atoms with van der Waals surface area (Å²) in [4.78, 5) is 4.63. The monoisotopic (exact) mass is 409 g/mol. The maximum absolute atomic E-state index is 4.63. The van der Waals surface area contributed by atoms with Crippen LogP contribution in [0.3, 0.4) is 0 Å². The fraction of sp³-hybridized carbons (Fsp3) is 0. The van der Waals surface area contributed by atoms with E-state index in [1.807, 2.05) is 12.1 Å². The molecular formula is C15H9BrIN. The Morgan fingerprint density at radius 3 is 2.50 bits per heavy atom. The molecule has 2 aromatic carbocycles. The van der Waals surface area contributed by atoms with Gasteiger partial charge in [0.15, 0.2) is 0 Å². The van der Waals surface area contributed by atoms with E-state index in [0.29, 0.717) is 0 Å². The smallest absolute Gasteiger partial charge is 0.116 e. The van der Waals surface area contributed by atoms with Crippen LogP contribution in [-0.2, 0) is 0 Å². The molecule has 3 rings (SSSR count). The molecule has 0 saturated heterocycles. The van der Waals surface area contributed by atoms with Crippen LogP contribution in [0.4, 0.5) is 0 Å². The largest absolute Gasteiger partial charge is 0.241 e. The Bertz CT molecular complexity index is 719.